The van der Waals surface area contributed by atoms with Gasteiger partial charge in [-0.3, -0.25) is 10.1 Å². The molecule has 0 atom stereocenters. The van der Waals surface area contributed by atoms with Crippen molar-refractivity contribution in [3.8, 4) is 0 Å². The van der Waals surface area contributed by atoms with E-state index in [4.69, 9.17) is 9.72 Å². The minimum absolute atomic E-state index is 0.164. The number of fused-ring (bicyclic) bond motifs is 2. The number of esters is 1. The average Bonchev–Trinajstić information content (AvgIpc) is 3.50. The van der Waals surface area contributed by atoms with Gasteiger partial charge in [-0.15, -0.1) is 11.3 Å². The SMILES string of the molecule is CCCCc1sc(N2CCc3cccc(C(=O)Nc4nc5ccccc5s4)c3C2)nc1C(=O)OCC. The molecular weight excluding hydrogens is 492 g/mol. The third-order valence-electron chi connectivity index (χ3n) is 6.21. The van der Waals surface area contributed by atoms with Crippen molar-refractivity contribution in [3.05, 3.63) is 69.7 Å². The third-order valence-corrected chi connectivity index (χ3v) is 8.34. The standard InChI is InChI=1S/C27H28N4O3S2/c1-3-5-12-22-23(25(33)34-4-2)29-27(36-22)31-15-14-17-9-8-10-18(19(17)16-31)24(32)30-26-28-20-11-6-7-13-21(20)35-26/h6-11,13H,3-5,12,14-16H2,1-2H3,(H,28,30,32). The molecule has 0 aliphatic carbocycles. The monoisotopic (exact) mass is 520 g/mol. The Morgan fingerprint density at radius 3 is 2.75 bits per heavy atom. The summed E-state index contributed by atoms with van der Waals surface area (Å²) in [6.07, 6.45) is 3.64. The van der Waals surface area contributed by atoms with Crippen molar-refractivity contribution in [3.63, 3.8) is 0 Å². The zero-order valence-electron chi connectivity index (χ0n) is 20.4. The molecule has 0 saturated carbocycles. The number of aryl methyl sites for hydroxylation is 1. The van der Waals surface area contributed by atoms with E-state index in [1.807, 2.05) is 36.4 Å². The summed E-state index contributed by atoms with van der Waals surface area (Å²) in [4.78, 5) is 38.2. The number of para-hydroxylation sites is 1. The van der Waals surface area contributed by atoms with E-state index in [1.165, 1.54) is 11.3 Å². The number of rotatable bonds is 8. The van der Waals surface area contributed by atoms with Crippen molar-refractivity contribution in [2.24, 2.45) is 0 Å². The van der Waals surface area contributed by atoms with Crippen LogP contribution in [0.4, 0.5) is 10.3 Å². The number of nitrogens with one attached hydrogen (secondary N) is 1. The molecule has 0 fully saturated rings. The van der Waals surface area contributed by atoms with Crippen molar-refractivity contribution in [2.45, 2.75) is 46.1 Å². The third kappa shape index (κ3) is 4.99. The van der Waals surface area contributed by atoms with Gasteiger partial charge in [0.05, 0.1) is 16.8 Å². The number of carbonyl (C=O) groups is 2. The van der Waals surface area contributed by atoms with Gasteiger partial charge >= 0.3 is 5.97 Å². The Kier molecular flexibility index (Phi) is 7.29. The molecule has 7 nitrogen and oxygen atoms in total. The predicted molar refractivity (Wildman–Crippen MR) is 145 cm³/mol. The Balaban J connectivity index is 1.40. The maximum Gasteiger partial charge on any atom is 0.358 e. The number of unbranched alkanes of at least 4 members (excludes halogenated alkanes) is 1. The zero-order valence-corrected chi connectivity index (χ0v) is 22.0. The van der Waals surface area contributed by atoms with Gasteiger partial charge in [0.2, 0.25) is 0 Å². The Morgan fingerprint density at radius 2 is 1.94 bits per heavy atom. The molecule has 3 heterocycles. The molecule has 2 aromatic heterocycles. The minimum atomic E-state index is -0.362. The van der Waals surface area contributed by atoms with Crippen LogP contribution >= 0.6 is 22.7 Å². The Hall–Kier alpha value is -3.30. The first-order chi connectivity index (χ1) is 17.6. The average molecular weight is 521 g/mol. The number of benzene rings is 2. The van der Waals surface area contributed by atoms with Crippen LogP contribution in [-0.4, -0.2) is 35.0 Å². The quantitative estimate of drug-likeness (QED) is 0.283. The fraction of sp³-hybridized carbons (Fsp3) is 0.333. The summed E-state index contributed by atoms with van der Waals surface area (Å²) in [5, 5.41) is 4.38. The maximum atomic E-state index is 13.3. The van der Waals surface area contributed by atoms with Gasteiger partial charge in [0, 0.05) is 23.5 Å². The highest BCUT2D eigenvalue weighted by atomic mass is 32.1. The van der Waals surface area contributed by atoms with Gasteiger partial charge in [0.15, 0.2) is 16.0 Å². The van der Waals surface area contributed by atoms with Crippen LogP contribution in [0.25, 0.3) is 10.2 Å². The van der Waals surface area contributed by atoms with Gasteiger partial charge < -0.3 is 9.64 Å². The maximum absolute atomic E-state index is 13.3. The van der Waals surface area contributed by atoms with E-state index in [0.29, 0.717) is 29.5 Å². The summed E-state index contributed by atoms with van der Waals surface area (Å²) in [5.41, 5.74) is 4.10. The van der Waals surface area contributed by atoms with Crippen LogP contribution in [0.1, 0.15) is 63.5 Å². The molecule has 0 radical (unpaired) electrons. The number of hydrogen-bond donors (Lipinski definition) is 1. The Labute approximate surface area is 218 Å². The highest BCUT2D eigenvalue weighted by Crippen LogP contribution is 2.33. The molecule has 4 aromatic rings. The molecule has 1 aliphatic rings. The van der Waals surface area contributed by atoms with Gasteiger partial charge in [-0.1, -0.05) is 48.9 Å². The number of nitrogens with zero attached hydrogens (tertiary/aromatic N) is 3. The molecule has 1 N–H and O–H groups in total. The molecular formula is C27H28N4O3S2. The van der Waals surface area contributed by atoms with Crippen molar-refractivity contribution >= 4 is 55.0 Å². The van der Waals surface area contributed by atoms with Crippen LogP contribution in [0.3, 0.4) is 0 Å². The van der Waals surface area contributed by atoms with E-state index in [0.717, 1.165) is 63.6 Å². The molecule has 5 rings (SSSR count). The lowest BCUT2D eigenvalue weighted by Gasteiger charge is -2.29. The molecule has 1 aliphatic heterocycles. The fourth-order valence-electron chi connectivity index (χ4n) is 4.39. The van der Waals surface area contributed by atoms with Crippen LogP contribution in [0, 0.1) is 0 Å². The van der Waals surface area contributed by atoms with E-state index in [9.17, 15) is 9.59 Å². The van der Waals surface area contributed by atoms with Crippen molar-refractivity contribution < 1.29 is 14.3 Å². The number of ether oxygens (including phenoxy) is 1. The summed E-state index contributed by atoms with van der Waals surface area (Å²) in [6, 6.07) is 13.7. The van der Waals surface area contributed by atoms with Crippen molar-refractivity contribution in [2.75, 3.05) is 23.4 Å². The highest BCUT2D eigenvalue weighted by Gasteiger charge is 2.27. The molecule has 0 spiro atoms. The fourth-order valence-corrected chi connectivity index (χ4v) is 6.36. The van der Waals surface area contributed by atoms with Crippen LogP contribution in [-0.2, 0) is 24.1 Å². The van der Waals surface area contributed by atoms with E-state index in [1.54, 1.807) is 18.3 Å². The number of hydrogen-bond acceptors (Lipinski definition) is 8. The second-order valence-electron chi connectivity index (χ2n) is 8.65. The van der Waals surface area contributed by atoms with Gasteiger partial charge in [-0.05, 0) is 55.5 Å². The second-order valence-corrected chi connectivity index (χ2v) is 10.7. The number of thiazole rings is 2. The van der Waals surface area contributed by atoms with Crippen LogP contribution in [0.15, 0.2) is 42.5 Å². The van der Waals surface area contributed by atoms with E-state index in [2.05, 4.69) is 28.2 Å². The molecule has 0 saturated heterocycles. The minimum Gasteiger partial charge on any atom is -0.461 e. The first-order valence-corrected chi connectivity index (χ1v) is 13.9. The zero-order chi connectivity index (χ0) is 25.1. The molecule has 36 heavy (non-hydrogen) atoms. The largest absolute Gasteiger partial charge is 0.461 e. The summed E-state index contributed by atoms with van der Waals surface area (Å²) < 4.78 is 6.30. The number of carbonyl (C=O) groups excluding carboxylic acids is 2. The van der Waals surface area contributed by atoms with Gasteiger partial charge in [-0.25, -0.2) is 14.8 Å². The summed E-state index contributed by atoms with van der Waals surface area (Å²) in [7, 11) is 0. The molecule has 1 amide bonds. The van der Waals surface area contributed by atoms with Gasteiger partial charge in [0.25, 0.3) is 5.91 Å². The van der Waals surface area contributed by atoms with Crippen LogP contribution in [0.2, 0.25) is 0 Å². The topological polar surface area (TPSA) is 84.4 Å². The Bertz CT molecular complexity index is 1380. The van der Waals surface area contributed by atoms with Gasteiger partial charge in [-0.2, -0.15) is 0 Å². The lowest BCUT2D eigenvalue weighted by molar-refractivity contribution is 0.0519. The smallest absolute Gasteiger partial charge is 0.358 e. The normalized spacial score (nSPS) is 13.0. The first-order valence-electron chi connectivity index (χ1n) is 12.3. The summed E-state index contributed by atoms with van der Waals surface area (Å²) >= 11 is 3.03. The second kappa shape index (κ2) is 10.8. The van der Waals surface area contributed by atoms with E-state index >= 15 is 0 Å². The van der Waals surface area contributed by atoms with Crippen molar-refractivity contribution in [1.82, 2.24) is 9.97 Å². The summed E-state index contributed by atoms with van der Waals surface area (Å²) in [6.45, 7) is 5.59. The number of aromatic nitrogens is 2. The van der Waals surface area contributed by atoms with E-state index in [-0.39, 0.29) is 11.9 Å². The van der Waals surface area contributed by atoms with Crippen LogP contribution in [0.5, 0.6) is 0 Å². The Morgan fingerprint density at radius 1 is 1.08 bits per heavy atom. The summed E-state index contributed by atoms with van der Waals surface area (Å²) in [5.74, 6) is -0.526. The first kappa shape index (κ1) is 24.4. The van der Waals surface area contributed by atoms with E-state index < -0.39 is 0 Å². The predicted octanol–water partition coefficient (Wildman–Crippen LogP) is 6.09. The molecule has 2 aromatic carbocycles. The van der Waals surface area contributed by atoms with Crippen molar-refractivity contribution in [1.29, 1.82) is 0 Å². The lowest BCUT2D eigenvalue weighted by Crippen LogP contribution is -2.32. The molecule has 0 bridgehead atoms. The highest BCUT2D eigenvalue weighted by molar-refractivity contribution is 7.22. The molecule has 9 heteroatoms. The lowest BCUT2D eigenvalue weighted by atomic mass is 9.94. The van der Waals surface area contributed by atoms with Gasteiger partial charge in [0.1, 0.15) is 0 Å². The van der Waals surface area contributed by atoms with Crippen LogP contribution < -0.4 is 10.2 Å². The number of anilines is 2. The number of amides is 1. The molecule has 0 unspecified atom stereocenters. The molecule has 186 valence electrons.